The number of aromatic nitrogens is 1. The number of carbonyl (C=O) groups excluding carboxylic acids is 1. The number of ether oxygens (including phenoxy) is 1. The number of amides is 1. The van der Waals surface area contributed by atoms with E-state index in [9.17, 15) is 13.6 Å². The van der Waals surface area contributed by atoms with Crippen LogP contribution in [0.5, 0.6) is 0 Å². The lowest BCUT2D eigenvalue weighted by Gasteiger charge is -2.17. The molecule has 2 atom stereocenters. The summed E-state index contributed by atoms with van der Waals surface area (Å²) in [5.41, 5.74) is 2.10. The maximum atomic E-state index is 13.7. The number of benzene rings is 2. The van der Waals surface area contributed by atoms with Crippen LogP contribution in [0.2, 0.25) is 0 Å². The van der Waals surface area contributed by atoms with Gasteiger partial charge in [-0.3, -0.25) is 4.98 Å². The molecule has 2 heterocycles. The maximum Gasteiger partial charge on any atom is 0.408 e. The summed E-state index contributed by atoms with van der Waals surface area (Å²) in [7, 11) is 0. The van der Waals surface area contributed by atoms with E-state index in [0.29, 0.717) is 22.4 Å². The molecule has 4 rings (SSSR count). The van der Waals surface area contributed by atoms with Crippen molar-refractivity contribution in [2.75, 3.05) is 0 Å². The van der Waals surface area contributed by atoms with Gasteiger partial charge < -0.3 is 10.1 Å². The highest BCUT2D eigenvalue weighted by molar-refractivity contribution is 5.71. The summed E-state index contributed by atoms with van der Waals surface area (Å²) in [6.45, 7) is 0. The highest BCUT2D eigenvalue weighted by Crippen LogP contribution is 2.36. The molecule has 1 saturated heterocycles. The van der Waals surface area contributed by atoms with Gasteiger partial charge in [-0.2, -0.15) is 0 Å². The molecule has 138 valence electrons. The van der Waals surface area contributed by atoms with Crippen molar-refractivity contribution in [1.29, 1.82) is 0 Å². The lowest BCUT2D eigenvalue weighted by Crippen LogP contribution is -2.20. The molecule has 1 aliphatic rings. The van der Waals surface area contributed by atoms with Crippen LogP contribution >= 0.6 is 0 Å². The number of carbonyl (C=O) groups is 1. The summed E-state index contributed by atoms with van der Waals surface area (Å²) >= 11 is 0. The fourth-order valence-electron chi connectivity index (χ4n) is 2.96. The second-order valence-corrected chi connectivity index (χ2v) is 6.20. The van der Waals surface area contributed by atoms with Crippen LogP contribution in [0.3, 0.4) is 0 Å². The van der Waals surface area contributed by atoms with E-state index >= 15 is 0 Å². The van der Waals surface area contributed by atoms with Crippen molar-refractivity contribution in [1.82, 2.24) is 10.3 Å². The van der Waals surface area contributed by atoms with E-state index in [1.54, 1.807) is 48.7 Å². The van der Waals surface area contributed by atoms with Crippen LogP contribution in [0, 0.1) is 23.5 Å². The maximum absolute atomic E-state index is 13.7. The van der Waals surface area contributed by atoms with Gasteiger partial charge in [0.15, 0.2) is 6.10 Å². The Bertz CT molecular complexity index is 1090. The van der Waals surface area contributed by atoms with Crippen LogP contribution in [-0.2, 0) is 4.74 Å². The quantitative estimate of drug-likeness (QED) is 0.679. The Hall–Kier alpha value is -3.72. The van der Waals surface area contributed by atoms with Crippen LogP contribution in [0.4, 0.5) is 13.6 Å². The zero-order valence-corrected chi connectivity index (χ0v) is 14.5. The Labute approximate surface area is 160 Å². The summed E-state index contributed by atoms with van der Waals surface area (Å²) in [4.78, 5) is 16.1. The Morgan fingerprint density at radius 3 is 2.57 bits per heavy atom. The molecule has 1 amide bonds. The van der Waals surface area contributed by atoms with Gasteiger partial charge in [0.25, 0.3) is 0 Å². The van der Waals surface area contributed by atoms with E-state index in [0.717, 1.165) is 0 Å². The van der Waals surface area contributed by atoms with Gasteiger partial charge in [-0.25, -0.2) is 13.6 Å². The minimum absolute atomic E-state index is 0.294. The number of hydrogen-bond acceptors (Lipinski definition) is 3. The lowest BCUT2D eigenvalue weighted by molar-refractivity contribution is 0.132. The van der Waals surface area contributed by atoms with Gasteiger partial charge in [-0.1, -0.05) is 36.1 Å². The van der Waals surface area contributed by atoms with E-state index in [2.05, 4.69) is 22.1 Å². The first-order valence-corrected chi connectivity index (χ1v) is 8.55. The normalized spacial score (nSPS) is 18.0. The second kappa shape index (κ2) is 7.49. The average Bonchev–Trinajstić information content (AvgIpc) is 3.10. The van der Waals surface area contributed by atoms with E-state index in [4.69, 9.17) is 4.74 Å². The number of cyclic esters (lactones) is 1. The monoisotopic (exact) mass is 376 g/mol. The SMILES string of the molecule is O=C1N[C@H](c2cc(C#Cc3ccccc3F)ccn2)[C@@H](c2ccc(F)cc2)O1. The smallest absolute Gasteiger partial charge is 0.408 e. The van der Waals surface area contributed by atoms with E-state index in [-0.39, 0.29) is 5.82 Å². The zero-order valence-electron chi connectivity index (χ0n) is 14.5. The van der Waals surface area contributed by atoms with Gasteiger partial charge in [-0.15, -0.1) is 0 Å². The van der Waals surface area contributed by atoms with Crippen molar-refractivity contribution in [3.63, 3.8) is 0 Å². The summed E-state index contributed by atoms with van der Waals surface area (Å²) in [6, 6.07) is 14.9. The third kappa shape index (κ3) is 3.69. The van der Waals surface area contributed by atoms with Crippen LogP contribution in [0.25, 0.3) is 0 Å². The molecular weight excluding hydrogens is 362 g/mol. The molecule has 0 aliphatic carbocycles. The molecule has 1 aromatic heterocycles. The Morgan fingerprint density at radius 2 is 1.79 bits per heavy atom. The highest BCUT2D eigenvalue weighted by atomic mass is 19.1. The molecule has 0 spiro atoms. The number of nitrogens with zero attached hydrogens (tertiary/aromatic N) is 1. The summed E-state index contributed by atoms with van der Waals surface area (Å²) < 4.78 is 32.3. The summed E-state index contributed by atoms with van der Waals surface area (Å²) in [5, 5.41) is 2.72. The predicted octanol–water partition coefficient (Wildman–Crippen LogP) is 4.28. The van der Waals surface area contributed by atoms with Crippen molar-refractivity contribution >= 4 is 6.09 Å². The first-order valence-electron chi connectivity index (χ1n) is 8.55. The number of pyridine rings is 1. The standard InChI is InChI=1S/C22H14F2N2O2/c23-17-9-7-16(8-10-17)21-20(26-22(27)28-21)19-13-14(11-12-25-19)5-6-15-3-1-2-4-18(15)24/h1-4,7-13,20-21H,(H,26,27)/t20-,21-/m1/s1. The third-order valence-corrected chi connectivity index (χ3v) is 4.32. The molecule has 1 N–H and O–H groups in total. The Morgan fingerprint density at radius 1 is 1.00 bits per heavy atom. The molecule has 1 aliphatic heterocycles. The predicted molar refractivity (Wildman–Crippen MR) is 98.1 cm³/mol. The van der Waals surface area contributed by atoms with Crippen molar-refractivity contribution in [3.8, 4) is 11.8 Å². The van der Waals surface area contributed by atoms with Crippen molar-refractivity contribution in [2.24, 2.45) is 0 Å². The molecular formula is C22H14F2N2O2. The van der Waals surface area contributed by atoms with Crippen molar-refractivity contribution in [2.45, 2.75) is 12.1 Å². The Balaban J connectivity index is 1.64. The fourth-order valence-corrected chi connectivity index (χ4v) is 2.96. The minimum atomic E-state index is -0.643. The molecule has 0 radical (unpaired) electrons. The van der Waals surface area contributed by atoms with Gasteiger partial charge in [-0.05, 0) is 42.0 Å². The second-order valence-electron chi connectivity index (χ2n) is 6.20. The topological polar surface area (TPSA) is 51.2 Å². The molecule has 4 nitrogen and oxygen atoms in total. The highest BCUT2D eigenvalue weighted by Gasteiger charge is 2.37. The van der Waals surface area contributed by atoms with Gasteiger partial charge >= 0.3 is 6.09 Å². The number of rotatable bonds is 2. The van der Waals surface area contributed by atoms with E-state index in [1.807, 2.05) is 0 Å². The Kier molecular flexibility index (Phi) is 4.73. The number of nitrogens with one attached hydrogen (secondary N) is 1. The lowest BCUT2D eigenvalue weighted by atomic mass is 9.99. The number of halogens is 2. The van der Waals surface area contributed by atoms with Gasteiger partial charge in [0, 0.05) is 11.8 Å². The number of hydrogen-bond donors (Lipinski definition) is 1. The van der Waals surface area contributed by atoms with E-state index < -0.39 is 24.1 Å². The van der Waals surface area contributed by atoms with Crippen molar-refractivity contribution in [3.05, 3.63) is 101 Å². The first kappa shape index (κ1) is 17.7. The molecule has 6 heteroatoms. The van der Waals surface area contributed by atoms with Crippen LogP contribution < -0.4 is 5.32 Å². The third-order valence-electron chi connectivity index (χ3n) is 4.32. The molecule has 28 heavy (non-hydrogen) atoms. The zero-order chi connectivity index (χ0) is 19.5. The molecule has 0 bridgehead atoms. The van der Waals surface area contributed by atoms with Gasteiger partial charge in [0.2, 0.25) is 0 Å². The molecule has 0 unspecified atom stereocenters. The average molecular weight is 376 g/mol. The van der Waals surface area contributed by atoms with Gasteiger partial charge in [0.05, 0.1) is 11.3 Å². The van der Waals surface area contributed by atoms with Crippen molar-refractivity contribution < 1.29 is 18.3 Å². The van der Waals surface area contributed by atoms with Crippen LogP contribution in [0.1, 0.15) is 34.5 Å². The molecule has 2 aromatic carbocycles. The fraction of sp³-hybridized carbons (Fsp3) is 0.0909. The number of alkyl carbamates (subject to hydrolysis) is 1. The molecule has 1 fully saturated rings. The molecule has 3 aromatic rings. The first-order chi connectivity index (χ1) is 13.6. The van der Waals surface area contributed by atoms with Crippen LogP contribution in [0.15, 0.2) is 66.9 Å². The molecule has 0 saturated carbocycles. The van der Waals surface area contributed by atoms with Gasteiger partial charge in [0.1, 0.15) is 17.7 Å². The van der Waals surface area contributed by atoms with Crippen LogP contribution in [-0.4, -0.2) is 11.1 Å². The minimum Gasteiger partial charge on any atom is -0.439 e. The largest absolute Gasteiger partial charge is 0.439 e. The van der Waals surface area contributed by atoms with E-state index in [1.165, 1.54) is 18.2 Å². The summed E-state index contributed by atoms with van der Waals surface area (Å²) in [5.74, 6) is 4.93. The summed E-state index contributed by atoms with van der Waals surface area (Å²) in [6.07, 6.45) is 0.340.